The van der Waals surface area contributed by atoms with Gasteiger partial charge in [-0.3, -0.25) is 4.79 Å². The lowest BCUT2D eigenvalue weighted by atomic mass is 9.72. The Balaban J connectivity index is 3.01. The molecule has 0 aromatic rings. The van der Waals surface area contributed by atoms with Crippen LogP contribution in [0.15, 0.2) is 23.3 Å². The molecule has 78 valence electrons. The van der Waals surface area contributed by atoms with Gasteiger partial charge < -0.3 is 0 Å². The number of rotatable bonds is 2. The summed E-state index contributed by atoms with van der Waals surface area (Å²) < 4.78 is 0. The van der Waals surface area contributed by atoms with Crippen LogP contribution in [0.5, 0.6) is 0 Å². The second kappa shape index (κ2) is 4.12. The van der Waals surface area contributed by atoms with Crippen molar-refractivity contribution in [3.8, 4) is 0 Å². The third-order valence-electron chi connectivity index (χ3n) is 2.78. The fourth-order valence-corrected chi connectivity index (χ4v) is 2.16. The van der Waals surface area contributed by atoms with E-state index >= 15 is 0 Å². The molecule has 0 saturated heterocycles. The average Bonchev–Trinajstić information content (AvgIpc) is 2.00. The maximum atomic E-state index is 11.4. The van der Waals surface area contributed by atoms with E-state index in [0.29, 0.717) is 6.42 Å². The van der Waals surface area contributed by atoms with Gasteiger partial charge in [0.25, 0.3) is 0 Å². The Kier molecular flexibility index (Phi) is 3.30. The van der Waals surface area contributed by atoms with Crippen molar-refractivity contribution in [3.05, 3.63) is 23.3 Å². The summed E-state index contributed by atoms with van der Waals surface area (Å²) in [4.78, 5) is 11.4. The van der Waals surface area contributed by atoms with Crippen LogP contribution < -0.4 is 0 Å². The number of carbonyl (C=O) groups is 1. The van der Waals surface area contributed by atoms with E-state index in [1.165, 1.54) is 12.0 Å². The molecular formula is C13H20O. The summed E-state index contributed by atoms with van der Waals surface area (Å²) in [5.41, 5.74) is 2.55. The second-order valence-corrected chi connectivity index (χ2v) is 4.76. The smallest absolute Gasteiger partial charge is 0.156 e. The number of ketones is 1. The lowest BCUT2D eigenvalue weighted by Gasteiger charge is -2.31. The molecular weight excluding hydrogens is 172 g/mol. The van der Waals surface area contributed by atoms with Crippen LogP contribution in [0.4, 0.5) is 0 Å². The lowest BCUT2D eigenvalue weighted by molar-refractivity contribution is -0.116. The largest absolute Gasteiger partial charge is 0.295 e. The fourth-order valence-electron chi connectivity index (χ4n) is 2.16. The Labute approximate surface area is 86.9 Å². The van der Waals surface area contributed by atoms with Gasteiger partial charge >= 0.3 is 0 Å². The topological polar surface area (TPSA) is 17.1 Å². The first-order chi connectivity index (χ1) is 6.47. The highest BCUT2D eigenvalue weighted by atomic mass is 16.1. The van der Waals surface area contributed by atoms with Crippen LogP contribution in [-0.2, 0) is 4.79 Å². The van der Waals surface area contributed by atoms with Gasteiger partial charge in [-0.2, -0.15) is 0 Å². The zero-order valence-electron chi connectivity index (χ0n) is 9.68. The highest BCUT2D eigenvalue weighted by Crippen LogP contribution is 2.39. The quantitative estimate of drug-likeness (QED) is 0.652. The summed E-state index contributed by atoms with van der Waals surface area (Å²) in [6.07, 6.45) is 7.00. The summed E-state index contributed by atoms with van der Waals surface area (Å²) in [6, 6.07) is 0. The van der Waals surface area contributed by atoms with E-state index in [9.17, 15) is 4.79 Å². The van der Waals surface area contributed by atoms with E-state index in [1.54, 1.807) is 6.08 Å². The molecule has 0 heterocycles. The average molecular weight is 192 g/mol. The van der Waals surface area contributed by atoms with Crippen LogP contribution in [0.25, 0.3) is 0 Å². The number of hydrogen-bond acceptors (Lipinski definition) is 1. The first-order valence-electron chi connectivity index (χ1n) is 5.39. The molecule has 0 aromatic heterocycles. The predicted octanol–water partition coefficient (Wildman–Crippen LogP) is 3.66. The molecule has 1 rings (SSSR count). The Morgan fingerprint density at radius 1 is 1.50 bits per heavy atom. The normalized spacial score (nSPS) is 23.9. The van der Waals surface area contributed by atoms with Crippen molar-refractivity contribution in [2.45, 2.75) is 47.0 Å². The van der Waals surface area contributed by atoms with Crippen molar-refractivity contribution < 1.29 is 4.79 Å². The highest BCUT2D eigenvalue weighted by molar-refractivity contribution is 5.93. The van der Waals surface area contributed by atoms with Crippen LogP contribution in [0.1, 0.15) is 47.0 Å². The SMILES string of the molecule is CCC/C=C1/C(C)=CC(=O)CC1(C)C. The minimum Gasteiger partial charge on any atom is -0.295 e. The van der Waals surface area contributed by atoms with Gasteiger partial charge in [0.1, 0.15) is 0 Å². The van der Waals surface area contributed by atoms with Crippen LogP contribution in [-0.4, -0.2) is 5.78 Å². The molecule has 0 aromatic carbocycles. The minimum absolute atomic E-state index is 0.0328. The molecule has 1 heteroatoms. The van der Waals surface area contributed by atoms with Crippen molar-refractivity contribution in [2.24, 2.45) is 5.41 Å². The molecule has 1 nitrogen and oxygen atoms in total. The summed E-state index contributed by atoms with van der Waals surface area (Å²) in [7, 11) is 0. The van der Waals surface area contributed by atoms with E-state index in [2.05, 4.69) is 26.8 Å². The van der Waals surface area contributed by atoms with E-state index in [-0.39, 0.29) is 11.2 Å². The third kappa shape index (κ3) is 2.34. The van der Waals surface area contributed by atoms with Crippen molar-refractivity contribution in [1.82, 2.24) is 0 Å². The standard InChI is InChI=1S/C13H20O/c1-5-6-7-12-10(2)8-11(14)9-13(12,3)4/h7-8H,5-6,9H2,1-4H3/b12-7-. The van der Waals surface area contributed by atoms with Gasteiger partial charge in [-0.25, -0.2) is 0 Å². The summed E-state index contributed by atoms with van der Waals surface area (Å²) in [6.45, 7) is 8.53. The predicted molar refractivity (Wildman–Crippen MR) is 60.2 cm³/mol. The van der Waals surface area contributed by atoms with Gasteiger partial charge in [-0.1, -0.05) is 33.3 Å². The number of allylic oxidation sites excluding steroid dienone is 4. The molecule has 0 atom stereocenters. The number of hydrogen-bond donors (Lipinski definition) is 0. The van der Waals surface area contributed by atoms with Crippen LogP contribution >= 0.6 is 0 Å². The molecule has 14 heavy (non-hydrogen) atoms. The van der Waals surface area contributed by atoms with Gasteiger partial charge in [0, 0.05) is 6.42 Å². The molecule has 0 saturated carbocycles. The Morgan fingerprint density at radius 2 is 2.14 bits per heavy atom. The Bertz CT molecular complexity index is 292. The van der Waals surface area contributed by atoms with Crippen LogP contribution in [0.2, 0.25) is 0 Å². The Morgan fingerprint density at radius 3 is 2.64 bits per heavy atom. The van der Waals surface area contributed by atoms with Crippen molar-refractivity contribution in [3.63, 3.8) is 0 Å². The van der Waals surface area contributed by atoms with E-state index in [0.717, 1.165) is 12.0 Å². The molecule has 1 aliphatic rings. The fraction of sp³-hybridized carbons (Fsp3) is 0.615. The zero-order chi connectivity index (χ0) is 10.8. The molecule has 0 amide bonds. The summed E-state index contributed by atoms with van der Waals surface area (Å²) in [5.74, 6) is 0.265. The van der Waals surface area contributed by atoms with Crippen molar-refractivity contribution in [1.29, 1.82) is 0 Å². The number of unbranched alkanes of at least 4 members (excludes halogenated alkanes) is 1. The second-order valence-electron chi connectivity index (χ2n) is 4.76. The molecule has 1 aliphatic carbocycles. The molecule has 0 N–H and O–H groups in total. The van der Waals surface area contributed by atoms with Gasteiger partial charge in [-0.15, -0.1) is 0 Å². The molecule has 0 bridgehead atoms. The Hall–Kier alpha value is -0.850. The molecule has 0 unspecified atom stereocenters. The van der Waals surface area contributed by atoms with E-state index < -0.39 is 0 Å². The zero-order valence-corrected chi connectivity index (χ0v) is 9.68. The maximum Gasteiger partial charge on any atom is 0.156 e. The van der Waals surface area contributed by atoms with Gasteiger partial charge in [-0.05, 0) is 36.0 Å². The number of carbonyl (C=O) groups excluding carboxylic acids is 1. The third-order valence-corrected chi connectivity index (χ3v) is 2.78. The molecule has 0 radical (unpaired) electrons. The van der Waals surface area contributed by atoms with E-state index in [1.807, 2.05) is 6.92 Å². The monoisotopic (exact) mass is 192 g/mol. The van der Waals surface area contributed by atoms with Crippen LogP contribution in [0, 0.1) is 5.41 Å². The molecule has 0 spiro atoms. The van der Waals surface area contributed by atoms with Crippen molar-refractivity contribution in [2.75, 3.05) is 0 Å². The summed E-state index contributed by atoms with van der Waals surface area (Å²) >= 11 is 0. The van der Waals surface area contributed by atoms with Crippen molar-refractivity contribution >= 4 is 5.78 Å². The lowest BCUT2D eigenvalue weighted by Crippen LogP contribution is -2.24. The first kappa shape index (κ1) is 11.2. The highest BCUT2D eigenvalue weighted by Gasteiger charge is 2.30. The van der Waals surface area contributed by atoms with E-state index in [4.69, 9.17) is 0 Å². The first-order valence-corrected chi connectivity index (χ1v) is 5.39. The summed E-state index contributed by atoms with van der Waals surface area (Å²) in [5, 5.41) is 0. The minimum atomic E-state index is 0.0328. The molecule has 0 aliphatic heterocycles. The van der Waals surface area contributed by atoms with Gasteiger partial charge in [0.05, 0.1) is 0 Å². The van der Waals surface area contributed by atoms with Crippen LogP contribution in [0.3, 0.4) is 0 Å². The molecule has 0 fully saturated rings. The van der Waals surface area contributed by atoms with Gasteiger partial charge in [0.15, 0.2) is 5.78 Å². The maximum absolute atomic E-state index is 11.4. The van der Waals surface area contributed by atoms with Gasteiger partial charge in [0.2, 0.25) is 0 Å².